The van der Waals surface area contributed by atoms with Gasteiger partial charge in [-0.25, -0.2) is 14.2 Å². The molecule has 198 valence electrons. The van der Waals surface area contributed by atoms with Gasteiger partial charge in [-0.05, 0) is 61.1 Å². The average molecular weight is 520 g/mol. The van der Waals surface area contributed by atoms with Crippen molar-refractivity contribution < 1.29 is 28.2 Å². The maximum absolute atomic E-state index is 13.5. The van der Waals surface area contributed by atoms with Crippen LogP contribution in [0.1, 0.15) is 46.9 Å². The van der Waals surface area contributed by atoms with Gasteiger partial charge >= 0.3 is 6.09 Å². The monoisotopic (exact) mass is 519 g/mol. The fourth-order valence-electron chi connectivity index (χ4n) is 4.63. The van der Waals surface area contributed by atoms with Crippen LogP contribution >= 0.6 is 0 Å². The summed E-state index contributed by atoms with van der Waals surface area (Å²) in [6.07, 6.45) is 1.61. The predicted molar refractivity (Wildman–Crippen MR) is 139 cm³/mol. The van der Waals surface area contributed by atoms with E-state index in [9.17, 15) is 14.0 Å². The Labute approximate surface area is 220 Å². The lowest BCUT2D eigenvalue weighted by Crippen LogP contribution is -2.46. The molecule has 0 aliphatic carbocycles. The van der Waals surface area contributed by atoms with Crippen molar-refractivity contribution in [2.75, 3.05) is 24.7 Å². The third kappa shape index (κ3) is 5.94. The maximum atomic E-state index is 13.5. The highest BCUT2D eigenvalue weighted by atomic mass is 19.1. The van der Waals surface area contributed by atoms with Crippen molar-refractivity contribution in [3.63, 3.8) is 0 Å². The van der Waals surface area contributed by atoms with Gasteiger partial charge in [0.1, 0.15) is 30.4 Å². The molecule has 0 saturated carbocycles. The first-order valence-electron chi connectivity index (χ1n) is 12.8. The van der Waals surface area contributed by atoms with Gasteiger partial charge in [0.2, 0.25) is 5.88 Å². The van der Waals surface area contributed by atoms with Crippen LogP contribution in [-0.4, -0.2) is 48.9 Å². The number of anilines is 1. The number of hydrogen-bond acceptors (Lipinski definition) is 6. The second kappa shape index (κ2) is 11.6. The number of pyridine rings is 1. The van der Waals surface area contributed by atoms with Crippen LogP contribution in [0.5, 0.6) is 5.88 Å². The number of amides is 2. The quantitative estimate of drug-likeness (QED) is 0.489. The number of benzene rings is 2. The number of rotatable bonds is 7. The van der Waals surface area contributed by atoms with Gasteiger partial charge in [-0.15, -0.1) is 0 Å². The smallest absolute Gasteiger partial charge is 0.415 e. The minimum atomic E-state index is -0.531. The zero-order valence-electron chi connectivity index (χ0n) is 21.2. The molecule has 9 heteroatoms. The van der Waals surface area contributed by atoms with E-state index in [0.717, 1.165) is 24.0 Å². The Kier molecular flexibility index (Phi) is 7.83. The first-order chi connectivity index (χ1) is 18.5. The highest BCUT2D eigenvalue weighted by Gasteiger charge is 2.34. The first-order valence-corrected chi connectivity index (χ1v) is 12.8. The van der Waals surface area contributed by atoms with Gasteiger partial charge in [-0.3, -0.25) is 9.69 Å². The van der Waals surface area contributed by atoms with Crippen molar-refractivity contribution in [3.8, 4) is 5.88 Å². The van der Waals surface area contributed by atoms with Crippen molar-refractivity contribution >= 4 is 17.7 Å². The standard InChI is InChI=1S/C29H30FN3O5/c1-19-17-37-28-25(33(19)29(35)38-18-21-6-3-2-4-7-21)15-22(14-20-9-11-23(30)12-10-20)26(32-28)27(34)31-16-24-8-5-13-36-24/h2-4,6-7,9-12,15,19,24H,5,8,13-14,16-18H2,1H3,(H,31,34)/t19-,24-/m0/s1. The van der Waals surface area contributed by atoms with Gasteiger partial charge in [0.05, 0.1) is 12.1 Å². The van der Waals surface area contributed by atoms with E-state index in [1.165, 1.54) is 17.0 Å². The minimum Gasteiger partial charge on any atom is -0.474 e. The van der Waals surface area contributed by atoms with E-state index in [1.807, 2.05) is 37.3 Å². The second-order valence-corrected chi connectivity index (χ2v) is 9.54. The van der Waals surface area contributed by atoms with Gasteiger partial charge in [-0.2, -0.15) is 0 Å². The summed E-state index contributed by atoms with van der Waals surface area (Å²) in [6, 6.07) is 16.9. The second-order valence-electron chi connectivity index (χ2n) is 9.54. The van der Waals surface area contributed by atoms with E-state index < -0.39 is 6.09 Å². The molecule has 1 saturated heterocycles. The minimum absolute atomic E-state index is 0.0240. The zero-order chi connectivity index (χ0) is 26.5. The molecular formula is C29H30FN3O5. The molecule has 2 amide bonds. The van der Waals surface area contributed by atoms with E-state index in [4.69, 9.17) is 14.2 Å². The third-order valence-corrected chi connectivity index (χ3v) is 6.65. The SMILES string of the molecule is C[C@H]1COc2nc(C(=O)NC[C@@H]3CCCO3)c(Cc3ccc(F)cc3)cc2N1C(=O)OCc1ccccc1. The van der Waals surface area contributed by atoms with Crippen molar-refractivity contribution in [2.24, 2.45) is 0 Å². The van der Waals surface area contributed by atoms with Crippen LogP contribution in [0.4, 0.5) is 14.9 Å². The van der Waals surface area contributed by atoms with E-state index in [2.05, 4.69) is 10.3 Å². The van der Waals surface area contributed by atoms with E-state index in [1.54, 1.807) is 18.2 Å². The Balaban J connectivity index is 1.44. The Hall–Kier alpha value is -3.98. The third-order valence-electron chi connectivity index (χ3n) is 6.65. The molecule has 2 aliphatic rings. The van der Waals surface area contributed by atoms with Crippen molar-refractivity contribution in [1.29, 1.82) is 0 Å². The molecule has 3 aromatic rings. The molecule has 38 heavy (non-hydrogen) atoms. The molecule has 0 spiro atoms. The number of fused-ring (bicyclic) bond motifs is 1. The van der Waals surface area contributed by atoms with Gasteiger partial charge in [-0.1, -0.05) is 42.5 Å². The van der Waals surface area contributed by atoms with E-state index >= 15 is 0 Å². The molecule has 2 aliphatic heterocycles. The lowest BCUT2D eigenvalue weighted by Gasteiger charge is -2.34. The number of hydrogen-bond donors (Lipinski definition) is 1. The van der Waals surface area contributed by atoms with E-state index in [-0.39, 0.29) is 48.7 Å². The highest BCUT2D eigenvalue weighted by molar-refractivity contribution is 5.96. The van der Waals surface area contributed by atoms with Crippen molar-refractivity contribution in [3.05, 3.63) is 88.9 Å². The Morgan fingerprint density at radius 1 is 1.13 bits per heavy atom. The number of ether oxygens (including phenoxy) is 3. The Bertz CT molecular complexity index is 1280. The lowest BCUT2D eigenvalue weighted by molar-refractivity contribution is 0.0852. The molecule has 2 aromatic carbocycles. The summed E-state index contributed by atoms with van der Waals surface area (Å²) in [7, 11) is 0. The molecule has 0 radical (unpaired) electrons. The van der Waals surface area contributed by atoms with Gasteiger partial charge in [0.25, 0.3) is 5.91 Å². The molecule has 0 unspecified atom stereocenters. The van der Waals surface area contributed by atoms with Crippen LogP contribution in [0.3, 0.4) is 0 Å². The van der Waals surface area contributed by atoms with Crippen molar-refractivity contribution in [1.82, 2.24) is 10.3 Å². The normalized spacial score (nSPS) is 18.4. The maximum Gasteiger partial charge on any atom is 0.415 e. The lowest BCUT2D eigenvalue weighted by atomic mass is 10.0. The predicted octanol–water partition coefficient (Wildman–Crippen LogP) is 4.64. The van der Waals surface area contributed by atoms with Crippen LogP contribution < -0.4 is 15.0 Å². The topological polar surface area (TPSA) is 90.0 Å². The molecule has 0 bridgehead atoms. The average Bonchev–Trinajstić information content (AvgIpc) is 3.46. The summed E-state index contributed by atoms with van der Waals surface area (Å²) in [5, 5.41) is 2.92. The molecule has 1 fully saturated rings. The zero-order valence-corrected chi connectivity index (χ0v) is 21.2. The summed E-state index contributed by atoms with van der Waals surface area (Å²) >= 11 is 0. The fourth-order valence-corrected chi connectivity index (χ4v) is 4.63. The summed E-state index contributed by atoms with van der Waals surface area (Å²) < 4.78 is 30.6. The van der Waals surface area contributed by atoms with Crippen LogP contribution in [0.2, 0.25) is 0 Å². The Morgan fingerprint density at radius 3 is 2.66 bits per heavy atom. The molecule has 2 atom stereocenters. The van der Waals surface area contributed by atoms with Crippen LogP contribution in [0.25, 0.3) is 0 Å². The van der Waals surface area contributed by atoms with Crippen LogP contribution in [0, 0.1) is 5.82 Å². The highest BCUT2D eigenvalue weighted by Crippen LogP contribution is 2.35. The molecule has 3 heterocycles. The fraction of sp³-hybridized carbons (Fsp3) is 0.345. The molecule has 8 nitrogen and oxygen atoms in total. The number of nitrogens with one attached hydrogen (secondary N) is 1. The number of carbonyl (C=O) groups excluding carboxylic acids is 2. The van der Waals surface area contributed by atoms with E-state index in [0.29, 0.717) is 30.8 Å². The van der Waals surface area contributed by atoms with Gasteiger partial charge in [0, 0.05) is 13.2 Å². The van der Waals surface area contributed by atoms with Crippen LogP contribution in [0.15, 0.2) is 60.7 Å². The van der Waals surface area contributed by atoms with Crippen LogP contribution in [-0.2, 0) is 22.5 Å². The van der Waals surface area contributed by atoms with Crippen molar-refractivity contribution in [2.45, 2.75) is 44.9 Å². The summed E-state index contributed by atoms with van der Waals surface area (Å²) in [5.41, 5.74) is 2.87. The summed E-state index contributed by atoms with van der Waals surface area (Å²) in [5.74, 6) is -0.521. The number of aromatic nitrogens is 1. The Morgan fingerprint density at radius 2 is 1.92 bits per heavy atom. The first kappa shape index (κ1) is 25.7. The molecular weight excluding hydrogens is 489 g/mol. The van der Waals surface area contributed by atoms with Gasteiger partial charge in [0.15, 0.2) is 0 Å². The molecule has 5 rings (SSSR count). The molecule has 1 aromatic heterocycles. The van der Waals surface area contributed by atoms with Gasteiger partial charge < -0.3 is 19.5 Å². The largest absolute Gasteiger partial charge is 0.474 e. The molecule has 1 N–H and O–H groups in total. The number of carbonyl (C=O) groups is 2. The summed E-state index contributed by atoms with van der Waals surface area (Å²) in [4.78, 5) is 32.5. The number of nitrogens with zero attached hydrogens (tertiary/aromatic N) is 2. The number of halogens is 1. The summed E-state index contributed by atoms with van der Waals surface area (Å²) in [6.45, 7) is 3.25.